The summed E-state index contributed by atoms with van der Waals surface area (Å²) in [6.07, 6.45) is -3.47. The van der Waals surface area contributed by atoms with Crippen molar-refractivity contribution in [2.45, 2.75) is 102 Å². The number of aromatic hydroxyl groups is 3. The van der Waals surface area contributed by atoms with Gasteiger partial charge in [-0.05, 0) is 33.8 Å². The summed E-state index contributed by atoms with van der Waals surface area (Å²) in [5, 5.41) is 58.2. The molecule has 0 bridgehead atoms. The maximum atomic E-state index is 13.6. The maximum Gasteiger partial charge on any atom is 0.202 e. The molecule has 0 spiro atoms. The van der Waals surface area contributed by atoms with E-state index < -0.39 is 94.7 Å². The molecule has 0 aromatic heterocycles. The zero-order valence-electron chi connectivity index (χ0n) is 25.8. The van der Waals surface area contributed by atoms with Crippen molar-refractivity contribution in [3.63, 3.8) is 0 Å². The van der Waals surface area contributed by atoms with Crippen LogP contribution in [0.15, 0.2) is 30.2 Å². The lowest BCUT2D eigenvalue weighted by Crippen LogP contribution is -2.56. The molecule has 246 valence electrons. The number of allylic oxidation sites excluding steroid dienone is 1. The van der Waals surface area contributed by atoms with Crippen LogP contribution in [-0.2, 0) is 30.2 Å². The molecule has 0 radical (unpaired) electrons. The average molecular weight is 640 g/mol. The van der Waals surface area contributed by atoms with Gasteiger partial charge in [0.1, 0.15) is 34.7 Å². The van der Waals surface area contributed by atoms with Crippen LogP contribution in [0, 0.1) is 0 Å². The largest absolute Gasteiger partial charge is 0.507 e. The Balaban J connectivity index is 1.38. The second kappa shape index (κ2) is 11.7. The van der Waals surface area contributed by atoms with Crippen molar-refractivity contribution in [1.29, 1.82) is 0 Å². The Hall–Kier alpha value is -4.01. The minimum Gasteiger partial charge on any atom is -0.507 e. The van der Waals surface area contributed by atoms with Crippen LogP contribution in [0.2, 0.25) is 0 Å². The number of phenols is 3. The van der Waals surface area contributed by atoms with Crippen LogP contribution in [0.1, 0.15) is 96.0 Å². The van der Waals surface area contributed by atoms with Gasteiger partial charge >= 0.3 is 0 Å². The fourth-order valence-corrected chi connectivity index (χ4v) is 6.88. The first-order valence-corrected chi connectivity index (χ1v) is 15.2. The smallest absolute Gasteiger partial charge is 0.202 e. The van der Waals surface area contributed by atoms with E-state index in [1.54, 1.807) is 27.0 Å². The number of Topliss-reactive ketones (excluding diaryl/α,β-unsaturated/α-hetero) is 1. The molecular weight excluding hydrogens is 602 g/mol. The molecule has 0 saturated carbocycles. The van der Waals surface area contributed by atoms with E-state index >= 15 is 0 Å². The van der Waals surface area contributed by atoms with Crippen molar-refractivity contribution in [1.82, 2.24) is 5.32 Å². The molecule has 46 heavy (non-hydrogen) atoms. The molecule has 4 aliphatic rings. The SMILES string of the molecule is CC(=O)C1(O)Cc2c(O)c3c(c(O)c2C(OC2CC4NC=C(C)OC(CC(C)O)OC4C(C)O2)C1)C(=O)c1c(O)cccc1C3=O. The number of aliphatic hydroxyl groups excluding tert-OH is 1. The monoisotopic (exact) mass is 639 g/mol. The van der Waals surface area contributed by atoms with Gasteiger partial charge in [-0.3, -0.25) is 14.4 Å². The molecule has 2 heterocycles. The summed E-state index contributed by atoms with van der Waals surface area (Å²) in [6.45, 7) is 6.32. The van der Waals surface area contributed by atoms with Crippen LogP contribution in [0.4, 0.5) is 0 Å². The molecule has 1 fully saturated rings. The van der Waals surface area contributed by atoms with Gasteiger partial charge in [-0.25, -0.2) is 0 Å². The fraction of sp³-hybridized carbons (Fsp3) is 0.485. The van der Waals surface area contributed by atoms with Gasteiger partial charge in [0.2, 0.25) is 12.1 Å². The minimum atomic E-state index is -2.04. The summed E-state index contributed by atoms with van der Waals surface area (Å²) in [4.78, 5) is 39.9. The lowest BCUT2D eigenvalue weighted by molar-refractivity contribution is -0.279. The number of carbonyl (C=O) groups is 3. The van der Waals surface area contributed by atoms with Crippen molar-refractivity contribution in [3.05, 3.63) is 63.5 Å². The van der Waals surface area contributed by atoms with E-state index in [-0.39, 0.29) is 47.6 Å². The van der Waals surface area contributed by atoms with Gasteiger partial charge in [0.05, 0.1) is 41.0 Å². The Morgan fingerprint density at radius 2 is 1.83 bits per heavy atom. The van der Waals surface area contributed by atoms with Crippen LogP contribution >= 0.6 is 0 Å². The zero-order valence-corrected chi connectivity index (χ0v) is 25.8. The van der Waals surface area contributed by atoms with Gasteiger partial charge in [-0.1, -0.05) is 12.1 Å². The highest BCUT2D eigenvalue weighted by atomic mass is 16.7. The predicted molar refractivity (Wildman–Crippen MR) is 158 cm³/mol. The van der Waals surface area contributed by atoms with Crippen molar-refractivity contribution in [2.75, 3.05) is 0 Å². The Labute approximate surface area is 264 Å². The van der Waals surface area contributed by atoms with Crippen molar-refractivity contribution in [3.8, 4) is 17.2 Å². The maximum absolute atomic E-state index is 13.6. The second-order valence-electron chi connectivity index (χ2n) is 12.6. The average Bonchev–Trinajstić information content (AvgIpc) is 2.96. The van der Waals surface area contributed by atoms with Crippen LogP contribution in [0.5, 0.6) is 17.2 Å². The summed E-state index contributed by atoms with van der Waals surface area (Å²) in [6, 6.07) is 3.56. The highest BCUT2D eigenvalue weighted by Gasteiger charge is 2.50. The summed E-state index contributed by atoms with van der Waals surface area (Å²) < 4.78 is 24.5. The van der Waals surface area contributed by atoms with Gasteiger partial charge in [0.25, 0.3) is 0 Å². The van der Waals surface area contributed by atoms with Gasteiger partial charge in [-0.15, -0.1) is 0 Å². The number of benzene rings is 2. The molecule has 6 N–H and O–H groups in total. The molecule has 13 heteroatoms. The van der Waals surface area contributed by atoms with Crippen LogP contribution in [0.25, 0.3) is 0 Å². The van der Waals surface area contributed by atoms with E-state index in [0.29, 0.717) is 5.76 Å². The van der Waals surface area contributed by atoms with E-state index in [1.165, 1.54) is 25.1 Å². The third kappa shape index (κ3) is 5.31. The van der Waals surface area contributed by atoms with Gasteiger partial charge in [-0.2, -0.15) is 0 Å². The number of carbonyl (C=O) groups excluding carboxylic acids is 3. The van der Waals surface area contributed by atoms with Gasteiger partial charge in [0, 0.05) is 48.6 Å². The van der Waals surface area contributed by atoms with E-state index in [9.17, 15) is 39.9 Å². The Kier molecular flexibility index (Phi) is 8.10. The Bertz CT molecular complexity index is 1650. The number of hydrogen-bond acceptors (Lipinski definition) is 13. The molecule has 2 aliphatic heterocycles. The molecule has 6 rings (SSSR count). The summed E-state index contributed by atoms with van der Waals surface area (Å²) >= 11 is 0. The van der Waals surface area contributed by atoms with E-state index in [2.05, 4.69) is 5.32 Å². The van der Waals surface area contributed by atoms with Crippen molar-refractivity contribution < 1.29 is 58.9 Å². The first-order valence-electron chi connectivity index (χ1n) is 15.2. The highest BCUT2D eigenvalue weighted by Crippen LogP contribution is 2.52. The van der Waals surface area contributed by atoms with Gasteiger partial charge in [0.15, 0.2) is 17.9 Å². The Morgan fingerprint density at radius 3 is 2.52 bits per heavy atom. The number of aliphatic hydroxyl groups is 2. The van der Waals surface area contributed by atoms with Crippen LogP contribution in [-0.4, -0.2) is 85.4 Å². The van der Waals surface area contributed by atoms with Crippen LogP contribution < -0.4 is 5.32 Å². The molecule has 0 amide bonds. The lowest BCUT2D eigenvalue weighted by Gasteiger charge is -2.45. The molecule has 8 unspecified atom stereocenters. The van der Waals surface area contributed by atoms with Crippen molar-refractivity contribution in [2.24, 2.45) is 0 Å². The standard InChI is InChI=1S/C33H37NO12/c1-13(35)8-22-43-14(2)12-34-19-9-23(44-15(3)32(19)46-22)45-21-11-33(42,16(4)36)10-18-25(21)31(41)27-26(29(18)39)28(38)17-6-5-7-20(37)24(17)30(27)40/h5-7,12-13,15,19,21-23,32,34-35,37,39,41-42H,8-11H2,1-4H3. The number of ketones is 3. The van der Waals surface area contributed by atoms with Gasteiger partial charge < -0.3 is 49.8 Å². The molecule has 13 nitrogen and oxygen atoms in total. The number of hydrogen-bond donors (Lipinski definition) is 6. The third-order valence-electron chi connectivity index (χ3n) is 9.18. The number of rotatable bonds is 5. The second-order valence-corrected chi connectivity index (χ2v) is 12.6. The summed E-state index contributed by atoms with van der Waals surface area (Å²) in [5.74, 6) is -3.56. The molecule has 8 atom stereocenters. The lowest BCUT2D eigenvalue weighted by atomic mass is 9.72. The number of phenolic OH excluding ortho intramolecular Hbond substituents is 3. The number of nitrogens with one attached hydrogen (secondary N) is 1. The molecular formula is C33H37NO12. The molecule has 2 aromatic rings. The Morgan fingerprint density at radius 1 is 1.11 bits per heavy atom. The highest BCUT2D eigenvalue weighted by molar-refractivity contribution is 6.31. The first-order chi connectivity index (χ1) is 21.7. The molecule has 2 aliphatic carbocycles. The number of fused-ring (bicyclic) bond motifs is 4. The molecule has 1 saturated heterocycles. The molecule has 2 aromatic carbocycles. The van der Waals surface area contributed by atoms with E-state index in [1.807, 2.05) is 0 Å². The minimum absolute atomic E-state index is 0.0661. The predicted octanol–water partition coefficient (Wildman–Crippen LogP) is 2.37. The van der Waals surface area contributed by atoms with E-state index in [0.717, 1.165) is 0 Å². The topological polar surface area (TPSA) is 201 Å². The van der Waals surface area contributed by atoms with Crippen LogP contribution in [0.3, 0.4) is 0 Å². The summed E-state index contributed by atoms with van der Waals surface area (Å²) in [7, 11) is 0. The van der Waals surface area contributed by atoms with E-state index in [4.69, 9.17) is 18.9 Å². The quantitative estimate of drug-likeness (QED) is 0.223. The normalized spacial score (nSPS) is 31.0. The number of ether oxygens (including phenoxy) is 4. The first kappa shape index (κ1) is 32.0. The zero-order chi connectivity index (χ0) is 33.2. The fourth-order valence-electron chi connectivity index (χ4n) is 6.88. The third-order valence-corrected chi connectivity index (χ3v) is 9.18. The van der Waals surface area contributed by atoms with Crippen molar-refractivity contribution >= 4 is 17.3 Å². The summed E-state index contributed by atoms with van der Waals surface area (Å²) in [5.41, 5.74) is -3.67.